The van der Waals surface area contributed by atoms with E-state index in [1.165, 1.54) is 0 Å². The van der Waals surface area contributed by atoms with Gasteiger partial charge < -0.3 is 0 Å². The molecule has 1 aromatic rings. The van der Waals surface area contributed by atoms with Crippen LogP contribution in [-0.4, -0.2) is 24.9 Å². The Balaban J connectivity index is 3.44. The van der Waals surface area contributed by atoms with Crippen molar-refractivity contribution in [2.45, 2.75) is 12.4 Å². The summed E-state index contributed by atoms with van der Waals surface area (Å²) < 4.78 is 78.5. The molecule has 0 atom stereocenters. The van der Waals surface area contributed by atoms with Crippen LogP contribution in [0.5, 0.6) is 0 Å². The van der Waals surface area contributed by atoms with Gasteiger partial charge in [-0.3, -0.25) is 0 Å². The van der Waals surface area contributed by atoms with Gasteiger partial charge in [0.05, 0.1) is 0 Å². The molecule has 0 spiro atoms. The zero-order valence-corrected chi connectivity index (χ0v) is 10.8. The van der Waals surface area contributed by atoms with E-state index in [0.29, 0.717) is 31.1 Å². The van der Waals surface area contributed by atoms with Crippen molar-refractivity contribution in [2.75, 3.05) is 0 Å². The zero-order valence-electron chi connectivity index (χ0n) is 8.39. The minimum absolute atomic E-state index is 0.0580. The van der Waals surface area contributed by atoms with Crippen molar-refractivity contribution in [2.24, 2.45) is 0 Å². The van der Waals surface area contributed by atoms with Crippen LogP contribution in [0.3, 0.4) is 0 Å². The number of rotatable bonds is 1. The molecule has 1 aromatic carbocycles. The Bertz CT molecular complexity index is 433. The third-order valence-corrected chi connectivity index (χ3v) is 2.38. The van der Waals surface area contributed by atoms with Crippen LogP contribution in [0.4, 0.5) is 26.3 Å². The van der Waals surface area contributed by atoms with Gasteiger partial charge in [-0.1, -0.05) is 0 Å². The minimum atomic E-state index is -4.98. The van der Waals surface area contributed by atoms with E-state index in [-0.39, 0.29) is 6.07 Å². The molecule has 0 aliphatic rings. The quantitative estimate of drug-likeness (QED) is 0.586. The fourth-order valence-electron chi connectivity index (χ4n) is 1.14. The van der Waals surface area contributed by atoms with Crippen LogP contribution in [0, 0.1) is 0 Å². The SMILES string of the molecule is O=C([O][Ga])c1cc(C(F)(F)F)cc(C(F)(F)F)c1. The molecule has 0 aliphatic carbocycles. The zero-order chi connectivity index (χ0) is 14.1. The standard InChI is InChI=1S/C9H4F6O2.Ga/c10-8(11,12)5-1-4(7(16)17)2-6(3-5)9(13,14)15;/h1-3H,(H,16,17);/q;+1/p-1. The van der Waals surface area contributed by atoms with E-state index in [2.05, 4.69) is 3.53 Å². The first-order valence-electron chi connectivity index (χ1n) is 4.26. The molecule has 96 valence electrons. The van der Waals surface area contributed by atoms with E-state index >= 15 is 0 Å². The van der Waals surface area contributed by atoms with Crippen LogP contribution in [0.25, 0.3) is 0 Å². The summed E-state index contributed by atoms with van der Waals surface area (Å²) in [5, 5.41) is 0. The Hall–Kier alpha value is -1.09. The second kappa shape index (κ2) is 4.88. The van der Waals surface area contributed by atoms with Crippen molar-refractivity contribution in [3.8, 4) is 0 Å². The molecule has 0 amide bonds. The van der Waals surface area contributed by atoms with Gasteiger partial charge in [-0.25, -0.2) is 0 Å². The van der Waals surface area contributed by atoms with Gasteiger partial charge in [-0.15, -0.1) is 0 Å². The topological polar surface area (TPSA) is 26.3 Å². The summed E-state index contributed by atoms with van der Waals surface area (Å²) in [6.45, 7) is 0. The summed E-state index contributed by atoms with van der Waals surface area (Å²) in [6, 6.07) is 0.575. The Kier molecular flexibility index (Phi) is 4.06. The van der Waals surface area contributed by atoms with Crippen LogP contribution in [0.2, 0.25) is 0 Å². The summed E-state index contributed by atoms with van der Waals surface area (Å²) in [5.41, 5.74) is -3.89. The Morgan fingerprint density at radius 3 is 1.61 bits per heavy atom. The number of halogens is 6. The molecule has 2 nitrogen and oxygen atoms in total. The number of alkyl halides is 6. The van der Waals surface area contributed by atoms with E-state index in [1.807, 2.05) is 0 Å². The molecule has 0 aromatic heterocycles. The first kappa shape index (κ1) is 15.0. The van der Waals surface area contributed by atoms with Crippen LogP contribution in [0.15, 0.2) is 18.2 Å². The summed E-state index contributed by atoms with van der Waals surface area (Å²) in [5.74, 6) is -1.24. The molecule has 2 radical (unpaired) electrons. The van der Waals surface area contributed by atoms with Crippen molar-refractivity contribution in [3.63, 3.8) is 0 Å². The average molecular weight is 327 g/mol. The Morgan fingerprint density at radius 2 is 1.33 bits per heavy atom. The molecular weight excluding hydrogens is 324 g/mol. The van der Waals surface area contributed by atoms with Crippen molar-refractivity contribution in [1.82, 2.24) is 0 Å². The Morgan fingerprint density at radius 1 is 0.944 bits per heavy atom. The van der Waals surface area contributed by atoms with E-state index in [4.69, 9.17) is 0 Å². The monoisotopic (exact) mass is 326 g/mol. The van der Waals surface area contributed by atoms with E-state index < -0.39 is 35.0 Å². The van der Waals surface area contributed by atoms with Gasteiger partial charge in [0.15, 0.2) is 0 Å². The number of hydrogen-bond donors (Lipinski definition) is 0. The molecule has 0 fully saturated rings. The van der Waals surface area contributed by atoms with Crippen LogP contribution in [0.1, 0.15) is 21.5 Å². The third kappa shape index (κ3) is 3.45. The predicted octanol–water partition coefficient (Wildman–Crippen LogP) is 2.96. The molecule has 0 saturated heterocycles. The van der Waals surface area contributed by atoms with Gasteiger partial charge in [0.25, 0.3) is 0 Å². The molecule has 1 rings (SSSR count). The molecule has 18 heavy (non-hydrogen) atoms. The van der Waals surface area contributed by atoms with Crippen LogP contribution in [-0.2, 0) is 15.9 Å². The Labute approximate surface area is 107 Å². The van der Waals surface area contributed by atoms with Crippen molar-refractivity contribution >= 4 is 24.9 Å². The van der Waals surface area contributed by atoms with Gasteiger partial charge in [-0.2, -0.15) is 0 Å². The normalized spacial score (nSPS) is 12.3. The van der Waals surface area contributed by atoms with Crippen molar-refractivity contribution < 1.29 is 34.7 Å². The molecule has 0 saturated carbocycles. The van der Waals surface area contributed by atoms with Crippen molar-refractivity contribution in [3.05, 3.63) is 34.9 Å². The molecule has 0 aliphatic heterocycles. The van der Waals surface area contributed by atoms with E-state index in [9.17, 15) is 31.1 Å². The fourth-order valence-corrected chi connectivity index (χ4v) is 1.43. The number of hydrogen-bond acceptors (Lipinski definition) is 2. The maximum absolute atomic E-state index is 12.4. The number of benzene rings is 1. The van der Waals surface area contributed by atoms with Crippen molar-refractivity contribution in [1.29, 1.82) is 0 Å². The summed E-state index contributed by atoms with van der Waals surface area (Å²) >= 11 is 0.413. The van der Waals surface area contributed by atoms with Crippen LogP contribution >= 0.6 is 0 Å². The second-order valence-electron chi connectivity index (χ2n) is 3.20. The molecule has 0 unspecified atom stereocenters. The van der Waals surface area contributed by atoms with Gasteiger partial charge in [-0.05, 0) is 0 Å². The average Bonchev–Trinajstić information content (AvgIpc) is 2.25. The molecule has 9 heteroatoms. The van der Waals surface area contributed by atoms with Gasteiger partial charge in [0.2, 0.25) is 0 Å². The summed E-state index contributed by atoms with van der Waals surface area (Å²) in [4.78, 5) is 11.0. The summed E-state index contributed by atoms with van der Waals surface area (Å²) in [7, 11) is 0. The second-order valence-corrected chi connectivity index (χ2v) is 3.69. The number of carbonyl (C=O) groups is 1. The van der Waals surface area contributed by atoms with E-state index in [1.54, 1.807) is 0 Å². The molecule has 0 heterocycles. The molecule has 0 bridgehead atoms. The first-order chi connectivity index (χ1) is 8.05. The van der Waals surface area contributed by atoms with Gasteiger partial charge in [0.1, 0.15) is 0 Å². The van der Waals surface area contributed by atoms with E-state index in [0.717, 1.165) is 0 Å². The fraction of sp³-hybridized carbons (Fsp3) is 0.222. The van der Waals surface area contributed by atoms with Gasteiger partial charge in [0, 0.05) is 0 Å². The van der Waals surface area contributed by atoms with Gasteiger partial charge >= 0.3 is 107 Å². The first-order valence-corrected chi connectivity index (χ1v) is 5.25. The molecular formula is C9H3F6GaO2. The maximum atomic E-state index is 12.4. The third-order valence-electron chi connectivity index (χ3n) is 1.93. The van der Waals surface area contributed by atoms with Crippen LogP contribution < -0.4 is 0 Å². The predicted molar refractivity (Wildman–Crippen MR) is 47.6 cm³/mol. The number of carbonyl (C=O) groups excluding carboxylic acids is 1. The molecule has 0 N–H and O–H groups in total. The summed E-state index contributed by atoms with van der Waals surface area (Å²) in [6.07, 6.45) is -9.95.